The topological polar surface area (TPSA) is 104 Å². The number of methoxy groups -OCH3 is 2. The number of para-hydroxylation sites is 2. The summed E-state index contributed by atoms with van der Waals surface area (Å²) in [5.74, 6) is 0.309. The number of benzene rings is 2. The maximum absolute atomic E-state index is 12.4. The summed E-state index contributed by atoms with van der Waals surface area (Å²) in [6.07, 6.45) is 0.0654. The maximum Gasteiger partial charge on any atom is 0.250 e. The van der Waals surface area contributed by atoms with Crippen LogP contribution in [0.1, 0.15) is 16.1 Å². The highest BCUT2D eigenvalue weighted by Crippen LogP contribution is 2.39. The number of thiazole rings is 1. The van der Waals surface area contributed by atoms with Crippen molar-refractivity contribution >= 4 is 28.8 Å². The fourth-order valence-electron chi connectivity index (χ4n) is 2.73. The molecular formula is C20H19N3O4S. The number of nitrogens with zero attached hydrogens (tertiary/aromatic N) is 1. The van der Waals surface area contributed by atoms with E-state index in [1.54, 1.807) is 44.6 Å². The first-order valence-electron chi connectivity index (χ1n) is 8.38. The van der Waals surface area contributed by atoms with Gasteiger partial charge in [-0.15, -0.1) is 11.3 Å². The van der Waals surface area contributed by atoms with Crippen LogP contribution in [0, 0.1) is 0 Å². The summed E-state index contributed by atoms with van der Waals surface area (Å²) >= 11 is 1.41. The molecule has 28 heavy (non-hydrogen) atoms. The number of anilines is 1. The summed E-state index contributed by atoms with van der Waals surface area (Å²) in [5, 5.41) is 5.24. The van der Waals surface area contributed by atoms with Crippen LogP contribution in [0.2, 0.25) is 0 Å². The number of ether oxygens (including phenoxy) is 2. The van der Waals surface area contributed by atoms with Gasteiger partial charge in [-0.3, -0.25) is 9.59 Å². The molecule has 3 aromatic rings. The lowest BCUT2D eigenvalue weighted by Gasteiger charge is -2.10. The van der Waals surface area contributed by atoms with Crippen LogP contribution in [0.25, 0.3) is 10.6 Å². The predicted molar refractivity (Wildman–Crippen MR) is 108 cm³/mol. The second-order valence-electron chi connectivity index (χ2n) is 5.82. The Bertz CT molecular complexity index is 1020. The number of nitrogens with one attached hydrogen (secondary N) is 1. The largest absolute Gasteiger partial charge is 0.493 e. The molecule has 0 spiro atoms. The Labute approximate surface area is 166 Å². The third kappa shape index (κ3) is 4.12. The van der Waals surface area contributed by atoms with E-state index < -0.39 is 5.91 Å². The van der Waals surface area contributed by atoms with E-state index in [2.05, 4.69) is 10.3 Å². The molecule has 144 valence electrons. The van der Waals surface area contributed by atoms with Crippen LogP contribution in [0.3, 0.4) is 0 Å². The minimum atomic E-state index is -0.600. The number of aromatic nitrogens is 1. The van der Waals surface area contributed by atoms with Crippen molar-refractivity contribution in [2.75, 3.05) is 19.5 Å². The second kappa shape index (κ2) is 8.53. The molecule has 0 saturated carbocycles. The van der Waals surface area contributed by atoms with E-state index in [0.717, 1.165) is 10.6 Å². The van der Waals surface area contributed by atoms with Gasteiger partial charge in [-0.1, -0.05) is 18.2 Å². The molecule has 1 heterocycles. The van der Waals surface area contributed by atoms with Gasteiger partial charge in [-0.25, -0.2) is 4.98 Å². The van der Waals surface area contributed by atoms with Gasteiger partial charge in [-0.2, -0.15) is 0 Å². The molecule has 0 atom stereocenters. The van der Waals surface area contributed by atoms with Crippen LogP contribution < -0.4 is 20.5 Å². The van der Waals surface area contributed by atoms with E-state index in [9.17, 15) is 9.59 Å². The van der Waals surface area contributed by atoms with E-state index in [-0.39, 0.29) is 17.9 Å². The van der Waals surface area contributed by atoms with Gasteiger partial charge < -0.3 is 20.5 Å². The van der Waals surface area contributed by atoms with Crippen molar-refractivity contribution in [2.45, 2.75) is 6.42 Å². The number of amides is 2. The fraction of sp³-hybridized carbons (Fsp3) is 0.150. The van der Waals surface area contributed by atoms with E-state index in [1.807, 2.05) is 17.5 Å². The van der Waals surface area contributed by atoms with Gasteiger partial charge in [0.25, 0.3) is 5.91 Å². The number of nitrogens with two attached hydrogens (primary N) is 1. The monoisotopic (exact) mass is 397 g/mol. The van der Waals surface area contributed by atoms with Crippen molar-refractivity contribution in [3.05, 3.63) is 59.1 Å². The Morgan fingerprint density at radius 2 is 1.89 bits per heavy atom. The molecule has 0 bridgehead atoms. The van der Waals surface area contributed by atoms with Crippen molar-refractivity contribution in [3.8, 4) is 22.1 Å². The molecule has 0 saturated heterocycles. The average Bonchev–Trinajstić information content (AvgIpc) is 3.15. The molecule has 0 aliphatic rings. The van der Waals surface area contributed by atoms with Crippen LogP contribution in [0.15, 0.2) is 47.8 Å². The lowest BCUT2D eigenvalue weighted by Crippen LogP contribution is -2.19. The maximum atomic E-state index is 12.4. The molecule has 8 heteroatoms. The Balaban J connectivity index is 1.77. The Hall–Kier alpha value is -3.39. The van der Waals surface area contributed by atoms with E-state index in [4.69, 9.17) is 15.2 Å². The Kier molecular flexibility index (Phi) is 5.90. The Morgan fingerprint density at radius 1 is 1.11 bits per heavy atom. The molecule has 3 rings (SSSR count). The van der Waals surface area contributed by atoms with E-state index >= 15 is 0 Å². The van der Waals surface area contributed by atoms with Crippen LogP contribution in [0.4, 0.5) is 5.69 Å². The quantitative estimate of drug-likeness (QED) is 0.638. The molecule has 1 aromatic heterocycles. The first-order chi connectivity index (χ1) is 13.5. The smallest absolute Gasteiger partial charge is 0.250 e. The summed E-state index contributed by atoms with van der Waals surface area (Å²) < 4.78 is 10.8. The molecule has 2 amide bonds. The van der Waals surface area contributed by atoms with Gasteiger partial charge in [0.05, 0.1) is 43.1 Å². The summed E-state index contributed by atoms with van der Waals surface area (Å²) in [4.78, 5) is 28.4. The minimum Gasteiger partial charge on any atom is -0.493 e. The number of carbonyl (C=O) groups excluding carboxylic acids is 2. The highest BCUT2D eigenvalue weighted by atomic mass is 32.1. The molecule has 0 aliphatic heterocycles. The average molecular weight is 397 g/mol. The molecular weight excluding hydrogens is 378 g/mol. The first-order valence-corrected chi connectivity index (χ1v) is 9.26. The van der Waals surface area contributed by atoms with Crippen molar-refractivity contribution in [1.29, 1.82) is 0 Å². The van der Waals surface area contributed by atoms with Crippen molar-refractivity contribution in [1.82, 2.24) is 4.98 Å². The van der Waals surface area contributed by atoms with Gasteiger partial charge in [0.1, 0.15) is 5.01 Å². The molecule has 0 fully saturated rings. The predicted octanol–water partition coefficient (Wildman–Crippen LogP) is 3.11. The lowest BCUT2D eigenvalue weighted by molar-refractivity contribution is -0.115. The van der Waals surface area contributed by atoms with Gasteiger partial charge in [0.2, 0.25) is 5.91 Å². The number of rotatable bonds is 7. The summed E-state index contributed by atoms with van der Waals surface area (Å²) in [7, 11) is 3.14. The second-order valence-corrected chi connectivity index (χ2v) is 6.68. The number of primary amides is 1. The summed E-state index contributed by atoms with van der Waals surface area (Å²) in [5.41, 5.74) is 7.38. The molecule has 7 nitrogen and oxygen atoms in total. The lowest BCUT2D eigenvalue weighted by atomic mass is 10.1. The van der Waals surface area contributed by atoms with E-state index in [1.165, 1.54) is 11.3 Å². The summed E-state index contributed by atoms with van der Waals surface area (Å²) in [6.45, 7) is 0. The minimum absolute atomic E-state index is 0.0654. The molecule has 2 aromatic carbocycles. The molecule has 3 N–H and O–H groups in total. The molecule has 0 radical (unpaired) electrons. The van der Waals surface area contributed by atoms with Crippen molar-refractivity contribution < 1.29 is 19.1 Å². The number of hydrogen-bond acceptors (Lipinski definition) is 6. The van der Waals surface area contributed by atoms with Gasteiger partial charge in [0.15, 0.2) is 11.5 Å². The van der Waals surface area contributed by atoms with E-state index in [0.29, 0.717) is 22.9 Å². The van der Waals surface area contributed by atoms with Crippen molar-refractivity contribution in [3.63, 3.8) is 0 Å². The molecule has 0 aliphatic carbocycles. The highest BCUT2D eigenvalue weighted by molar-refractivity contribution is 7.13. The zero-order valence-electron chi connectivity index (χ0n) is 15.4. The number of hydrogen-bond donors (Lipinski definition) is 2. The third-order valence-corrected chi connectivity index (χ3v) is 4.92. The summed E-state index contributed by atoms with van der Waals surface area (Å²) in [6, 6.07) is 12.1. The zero-order chi connectivity index (χ0) is 20.1. The molecule has 0 unspecified atom stereocenters. The van der Waals surface area contributed by atoms with Crippen LogP contribution in [0.5, 0.6) is 11.5 Å². The zero-order valence-corrected chi connectivity index (χ0v) is 16.2. The standard InChI is InChI=1S/C20H19N3O4S/c1-26-16-9-5-7-14(18(16)27-2)20-22-12(11-28-20)10-17(24)23-15-8-4-3-6-13(15)19(21)25/h3-9,11H,10H2,1-2H3,(H2,21,25)(H,23,24). The normalized spacial score (nSPS) is 10.4. The third-order valence-electron chi connectivity index (χ3n) is 3.99. The fourth-order valence-corrected chi connectivity index (χ4v) is 3.57. The SMILES string of the molecule is COc1cccc(-c2nc(CC(=O)Nc3ccccc3C(N)=O)cs2)c1OC. The van der Waals surface area contributed by atoms with Crippen LogP contribution >= 0.6 is 11.3 Å². The number of carbonyl (C=O) groups is 2. The highest BCUT2D eigenvalue weighted by Gasteiger charge is 2.16. The Morgan fingerprint density at radius 3 is 2.61 bits per heavy atom. The van der Waals surface area contributed by atoms with Crippen molar-refractivity contribution in [2.24, 2.45) is 5.73 Å². The van der Waals surface area contributed by atoms with Gasteiger partial charge >= 0.3 is 0 Å². The van der Waals surface area contributed by atoms with Gasteiger partial charge in [-0.05, 0) is 24.3 Å². The van der Waals surface area contributed by atoms with Crippen LogP contribution in [-0.4, -0.2) is 31.0 Å². The first kappa shape index (κ1) is 19.4. The van der Waals surface area contributed by atoms with Gasteiger partial charge in [0, 0.05) is 5.38 Å². The van der Waals surface area contributed by atoms with Crippen LogP contribution in [-0.2, 0) is 11.2 Å².